The van der Waals surface area contributed by atoms with Crippen LogP contribution < -0.4 is 22.1 Å². The predicted octanol–water partition coefficient (Wildman–Crippen LogP) is 1.47. The minimum Gasteiger partial charge on any atom is -0.370 e. The number of aliphatic imine (C=N–C) groups is 1. The van der Waals surface area contributed by atoms with Crippen LogP contribution in [0.3, 0.4) is 0 Å². The Balaban J connectivity index is 1.76. The van der Waals surface area contributed by atoms with E-state index in [9.17, 15) is 18.0 Å². The van der Waals surface area contributed by atoms with E-state index in [0.717, 1.165) is 24.1 Å². The molecule has 0 aromatic heterocycles. The number of hydrogen-bond acceptors (Lipinski definition) is 6. The fourth-order valence-corrected chi connectivity index (χ4v) is 5.47. The Kier molecular flexibility index (Phi) is 12.2. The molecule has 2 atom stereocenters. The normalized spacial score (nSPS) is 15.7. The van der Waals surface area contributed by atoms with Gasteiger partial charge in [-0.1, -0.05) is 54.6 Å². The Morgan fingerprint density at radius 2 is 1.59 bits per heavy atom. The van der Waals surface area contributed by atoms with Crippen molar-refractivity contribution in [2.75, 3.05) is 39.8 Å². The van der Waals surface area contributed by atoms with Crippen molar-refractivity contribution < 1.29 is 18.0 Å². The van der Waals surface area contributed by atoms with Gasteiger partial charge in [0.1, 0.15) is 6.04 Å². The first-order valence-corrected chi connectivity index (χ1v) is 15.3. The molecular weight excluding hydrogens is 542 g/mol. The van der Waals surface area contributed by atoms with Gasteiger partial charge in [-0.05, 0) is 50.4 Å². The topological polar surface area (TPSA) is 163 Å². The van der Waals surface area contributed by atoms with Crippen molar-refractivity contribution in [2.24, 2.45) is 16.5 Å². The number of nitrogens with one attached hydrogen (secondary N) is 2. The van der Waals surface area contributed by atoms with E-state index >= 15 is 0 Å². The second-order valence-corrected chi connectivity index (χ2v) is 11.9. The zero-order valence-corrected chi connectivity index (χ0v) is 24.3. The van der Waals surface area contributed by atoms with Gasteiger partial charge < -0.3 is 31.9 Å². The summed E-state index contributed by atoms with van der Waals surface area (Å²) in [5.74, 6) is -0.449. The molecule has 6 N–H and O–H groups in total. The predicted molar refractivity (Wildman–Crippen MR) is 161 cm³/mol. The molecule has 11 nitrogen and oxygen atoms in total. The molecule has 0 spiro atoms. The molecule has 41 heavy (non-hydrogen) atoms. The van der Waals surface area contributed by atoms with Crippen LogP contribution in [0.15, 0.2) is 82.0 Å². The molecule has 1 aliphatic rings. The van der Waals surface area contributed by atoms with E-state index in [-0.39, 0.29) is 16.9 Å². The summed E-state index contributed by atoms with van der Waals surface area (Å²) in [6, 6.07) is 16.1. The number of likely N-dealkylation sites (N-methyl/N-ethyl adjacent to an activating group) is 1. The van der Waals surface area contributed by atoms with E-state index in [0.29, 0.717) is 45.3 Å². The van der Waals surface area contributed by atoms with E-state index < -0.39 is 27.8 Å². The highest BCUT2D eigenvalue weighted by molar-refractivity contribution is 7.94. The van der Waals surface area contributed by atoms with Gasteiger partial charge in [-0.2, -0.15) is 0 Å². The van der Waals surface area contributed by atoms with Crippen molar-refractivity contribution in [3.63, 3.8) is 0 Å². The summed E-state index contributed by atoms with van der Waals surface area (Å²) in [6.45, 7) is 2.92. The molecule has 3 rings (SSSR count). The number of urea groups is 1. The molecule has 0 radical (unpaired) electrons. The third-order valence-corrected chi connectivity index (χ3v) is 8.27. The number of piperazine rings is 1. The highest BCUT2D eigenvalue weighted by atomic mass is 32.2. The molecule has 0 aliphatic carbocycles. The monoisotopic (exact) mass is 583 g/mol. The highest BCUT2D eigenvalue weighted by Gasteiger charge is 2.26. The summed E-state index contributed by atoms with van der Waals surface area (Å²) in [4.78, 5) is 34.5. The number of hydrogen-bond donors (Lipinski definition) is 4. The van der Waals surface area contributed by atoms with Crippen LogP contribution in [0.2, 0.25) is 0 Å². The standard InChI is InChI=1S/C29H41N7O4S/c1-35-18-20-36(21-19-35)29(38)34-26(13-8-17-32-28(30)31)27(37)33-24(15-14-23-9-4-2-5-10-23)16-22-41(39,40)25-11-6-3-7-12-25/h2-7,9-12,16,22,24,26H,8,13-15,17-21H2,1H3,(H,33,37)(H,34,38)(H4,30,31,32). The van der Waals surface area contributed by atoms with Gasteiger partial charge in [0.25, 0.3) is 0 Å². The van der Waals surface area contributed by atoms with Crippen LogP contribution in [0.4, 0.5) is 4.79 Å². The molecule has 2 aromatic rings. The zero-order valence-electron chi connectivity index (χ0n) is 23.5. The summed E-state index contributed by atoms with van der Waals surface area (Å²) >= 11 is 0. The second-order valence-electron chi connectivity index (χ2n) is 10.1. The molecule has 1 aliphatic heterocycles. The van der Waals surface area contributed by atoms with Crippen LogP contribution in [-0.4, -0.2) is 88.0 Å². The Labute approximate surface area is 242 Å². The van der Waals surface area contributed by atoms with Crippen molar-refractivity contribution in [3.05, 3.63) is 77.7 Å². The van der Waals surface area contributed by atoms with Crippen LogP contribution in [0, 0.1) is 0 Å². The van der Waals surface area contributed by atoms with Crippen molar-refractivity contribution in [1.29, 1.82) is 0 Å². The number of amides is 3. The largest absolute Gasteiger partial charge is 0.370 e. The lowest BCUT2D eigenvalue weighted by Crippen LogP contribution is -2.56. The minimum absolute atomic E-state index is 0.0433. The maximum absolute atomic E-state index is 13.5. The summed E-state index contributed by atoms with van der Waals surface area (Å²) in [5.41, 5.74) is 11.9. The number of nitrogens with two attached hydrogens (primary N) is 2. The molecule has 3 amide bonds. The average molecular weight is 584 g/mol. The maximum atomic E-state index is 13.5. The lowest BCUT2D eigenvalue weighted by molar-refractivity contribution is -0.123. The molecule has 12 heteroatoms. The number of benzene rings is 2. The first kappa shape index (κ1) is 31.6. The van der Waals surface area contributed by atoms with E-state index in [2.05, 4.69) is 20.5 Å². The SMILES string of the molecule is CN1CCN(C(=O)NC(CCCN=C(N)N)C(=O)NC(C=CS(=O)(=O)c2ccccc2)CCc2ccccc2)CC1. The molecule has 2 unspecified atom stereocenters. The summed E-state index contributed by atoms with van der Waals surface area (Å²) < 4.78 is 25.8. The maximum Gasteiger partial charge on any atom is 0.318 e. The number of nitrogens with zero attached hydrogens (tertiary/aromatic N) is 3. The van der Waals surface area contributed by atoms with Crippen molar-refractivity contribution in [3.8, 4) is 0 Å². The molecule has 1 saturated heterocycles. The molecular formula is C29H41N7O4S. The van der Waals surface area contributed by atoms with Gasteiger partial charge >= 0.3 is 6.03 Å². The van der Waals surface area contributed by atoms with Gasteiger partial charge in [0.2, 0.25) is 5.91 Å². The first-order valence-electron chi connectivity index (χ1n) is 13.8. The third-order valence-electron chi connectivity index (χ3n) is 6.83. The van der Waals surface area contributed by atoms with Gasteiger partial charge in [-0.3, -0.25) is 9.79 Å². The van der Waals surface area contributed by atoms with Crippen LogP contribution in [0.1, 0.15) is 24.8 Å². The van der Waals surface area contributed by atoms with E-state index in [4.69, 9.17) is 11.5 Å². The molecule has 2 aromatic carbocycles. The number of carbonyl (C=O) groups is 2. The Morgan fingerprint density at radius 1 is 0.951 bits per heavy atom. The fourth-order valence-electron chi connectivity index (χ4n) is 4.38. The van der Waals surface area contributed by atoms with Gasteiger partial charge in [0.15, 0.2) is 15.8 Å². The van der Waals surface area contributed by atoms with Gasteiger partial charge in [0.05, 0.1) is 4.90 Å². The lowest BCUT2D eigenvalue weighted by Gasteiger charge is -2.33. The number of carbonyl (C=O) groups excluding carboxylic acids is 2. The van der Waals surface area contributed by atoms with Crippen molar-refractivity contribution in [1.82, 2.24) is 20.4 Å². The Bertz CT molecular complexity index is 1270. The van der Waals surface area contributed by atoms with Gasteiger partial charge in [0, 0.05) is 44.2 Å². The molecule has 1 fully saturated rings. The molecule has 222 valence electrons. The van der Waals surface area contributed by atoms with Crippen LogP contribution in [0.5, 0.6) is 0 Å². The molecule has 1 heterocycles. The summed E-state index contributed by atoms with van der Waals surface area (Å²) in [7, 11) is -1.71. The van der Waals surface area contributed by atoms with E-state index in [1.54, 1.807) is 23.1 Å². The van der Waals surface area contributed by atoms with Crippen molar-refractivity contribution >= 4 is 27.7 Å². The molecule has 0 saturated carbocycles. The molecule has 0 bridgehead atoms. The van der Waals surface area contributed by atoms with Crippen LogP contribution in [0.25, 0.3) is 0 Å². The van der Waals surface area contributed by atoms with Gasteiger partial charge in [-0.15, -0.1) is 0 Å². The van der Waals surface area contributed by atoms with E-state index in [1.807, 2.05) is 37.4 Å². The summed E-state index contributed by atoms with van der Waals surface area (Å²) in [5, 5.41) is 6.96. The van der Waals surface area contributed by atoms with Crippen molar-refractivity contribution in [2.45, 2.75) is 42.7 Å². The third kappa shape index (κ3) is 10.9. The quantitative estimate of drug-likeness (QED) is 0.158. The number of sulfone groups is 1. The Morgan fingerprint density at radius 3 is 2.22 bits per heavy atom. The lowest BCUT2D eigenvalue weighted by atomic mass is 10.0. The van der Waals surface area contributed by atoms with E-state index in [1.165, 1.54) is 18.2 Å². The van der Waals surface area contributed by atoms with Gasteiger partial charge in [-0.25, -0.2) is 13.2 Å². The fraction of sp³-hybridized carbons (Fsp3) is 0.414. The zero-order chi connectivity index (χ0) is 29.7. The first-order chi connectivity index (χ1) is 19.6. The Hall–Kier alpha value is -3.90. The second kappa shape index (κ2) is 15.8. The highest BCUT2D eigenvalue weighted by Crippen LogP contribution is 2.14. The van der Waals surface area contributed by atoms with Crippen LogP contribution >= 0.6 is 0 Å². The smallest absolute Gasteiger partial charge is 0.318 e. The average Bonchev–Trinajstić information content (AvgIpc) is 2.97. The minimum atomic E-state index is -3.71. The summed E-state index contributed by atoms with van der Waals surface area (Å²) in [6.07, 6.45) is 3.35. The van der Waals surface area contributed by atoms with Crippen LogP contribution in [-0.2, 0) is 21.1 Å². The number of rotatable bonds is 13. The number of guanidine groups is 1. The number of aryl methyl sites for hydroxylation is 1.